The molecule has 0 aliphatic heterocycles. The van der Waals surface area contributed by atoms with Crippen molar-refractivity contribution in [3.8, 4) is 27.9 Å². The molecule has 0 spiro atoms. The van der Waals surface area contributed by atoms with Gasteiger partial charge in [-0.15, -0.1) is 0 Å². The number of hydrogen-bond donors (Lipinski definition) is 0. The first kappa shape index (κ1) is 31.6. The molecule has 0 atom stereocenters. The van der Waals surface area contributed by atoms with Gasteiger partial charge in [-0.05, 0) is 105 Å². The van der Waals surface area contributed by atoms with E-state index >= 15 is 0 Å². The predicted molar refractivity (Wildman–Crippen MR) is 223 cm³/mol. The summed E-state index contributed by atoms with van der Waals surface area (Å²) >= 11 is 0. The zero-order chi connectivity index (χ0) is 35.2. The molecule has 0 amide bonds. The fourth-order valence-electron chi connectivity index (χ4n) is 7.68. The second kappa shape index (κ2) is 12.7. The van der Waals surface area contributed by atoms with Gasteiger partial charge in [0.05, 0.1) is 16.7 Å². The van der Waals surface area contributed by atoms with Gasteiger partial charge in [0.15, 0.2) is 0 Å². The molecule has 0 radical (unpaired) electrons. The zero-order valence-electron chi connectivity index (χ0n) is 29.8. The minimum atomic E-state index is 0.0471. The normalized spacial score (nSPS) is 11.8. The van der Waals surface area contributed by atoms with Crippen LogP contribution in [0.2, 0.25) is 0 Å². The third-order valence-corrected chi connectivity index (χ3v) is 10.3. The second-order valence-corrected chi connectivity index (χ2v) is 14.6. The molecule has 0 bridgehead atoms. The fraction of sp³-hybridized carbons (Fsp3) is 0.0800. The Balaban J connectivity index is 1.22. The molecule has 2 nitrogen and oxygen atoms in total. The Morgan fingerprint density at radius 1 is 0.404 bits per heavy atom. The van der Waals surface area contributed by atoms with Gasteiger partial charge in [0, 0.05) is 33.2 Å². The number of hydrogen-bond acceptors (Lipinski definition) is 1. The van der Waals surface area contributed by atoms with Gasteiger partial charge < -0.3 is 9.47 Å². The first-order chi connectivity index (χ1) is 25.4. The van der Waals surface area contributed by atoms with Crippen molar-refractivity contribution in [3.05, 3.63) is 194 Å². The van der Waals surface area contributed by atoms with Gasteiger partial charge in [-0.2, -0.15) is 0 Å². The molecule has 0 aliphatic carbocycles. The summed E-state index contributed by atoms with van der Waals surface area (Å²) in [5.41, 5.74) is 13.2. The van der Waals surface area contributed by atoms with E-state index in [1.165, 1.54) is 66.1 Å². The van der Waals surface area contributed by atoms with Gasteiger partial charge in [-0.3, -0.25) is 0 Å². The van der Waals surface area contributed by atoms with Gasteiger partial charge in [0.2, 0.25) is 0 Å². The minimum absolute atomic E-state index is 0.0471. The lowest BCUT2D eigenvalue weighted by atomic mass is 9.86. The summed E-state index contributed by atoms with van der Waals surface area (Å²) in [4.78, 5) is 2.38. The molecule has 0 saturated carbocycles. The summed E-state index contributed by atoms with van der Waals surface area (Å²) in [5.74, 6) is 0. The van der Waals surface area contributed by atoms with Crippen LogP contribution in [0.5, 0.6) is 0 Å². The fourth-order valence-corrected chi connectivity index (χ4v) is 7.68. The Kier molecular flexibility index (Phi) is 7.74. The van der Waals surface area contributed by atoms with Crippen LogP contribution in [-0.4, -0.2) is 4.57 Å². The first-order valence-electron chi connectivity index (χ1n) is 18.1. The topological polar surface area (TPSA) is 8.17 Å². The number of fused-ring (bicyclic) bond motifs is 4. The third kappa shape index (κ3) is 5.54. The van der Waals surface area contributed by atoms with E-state index in [4.69, 9.17) is 0 Å². The van der Waals surface area contributed by atoms with Crippen molar-refractivity contribution in [2.24, 2.45) is 0 Å². The molecule has 9 rings (SSSR count). The van der Waals surface area contributed by atoms with Gasteiger partial charge >= 0.3 is 0 Å². The third-order valence-electron chi connectivity index (χ3n) is 10.3. The molecule has 0 fully saturated rings. The van der Waals surface area contributed by atoms with Crippen LogP contribution in [0, 0.1) is 0 Å². The molecule has 0 N–H and O–H groups in total. The number of benzene rings is 8. The first-order valence-corrected chi connectivity index (χ1v) is 18.1. The number of rotatable bonds is 6. The van der Waals surface area contributed by atoms with Crippen molar-refractivity contribution in [2.45, 2.75) is 26.2 Å². The molecule has 0 unspecified atom stereocenters. The summed E-state index contributed by atoms with van der Waals surface area (Å²) < 4.78 is 2.41. The Labute approximate surface area is 305 Å². The Bertz CT molecular complexity index is 2680. The largest absolute Gasteiger partial charge is 0.310 e. The van der Waals surface area contributed by atoms with Crippen LogP contribution in [0.3, 0.4) is 0 Å². The second-order valence-electron chi connectivity index (χ2n) is 14.6. The van der Waals surface area contributed by atoms with E-state index in [1.807, 2.05) is 0 Å². The van der Waals surface area contributed by atoms with Gasteiger partial charge in [0.1, 0.15) is 0 Å². The van der Waals surface area contributed by atoms with Crippen LogP contribution < -0.4 is 4.90 Å². The van der Waals surface area contributed by atoms with Gasteiger partial charge in [0.25, 0.3) is 0 Å². The quantitative estimate of drug-likeness (QED) is 0.171. The molecule has 250 valence electrons. The van der Waals surface area contributed by atoms with Crippen molar-refractivity contribution in [3.63, 3.8) is 0 Å². The van der Waals surface area contributed by atoms with E-state index in [1.54, 1.807) is 0 Å². The molecular formula is C50H40N2. The summed E-state index contributed by atoms with van der Waals surface area (Å²) in [6.45, 7) is 6.88. The molecule has 1 heterocycles. The maximum Gasteiger partial charge on any atom is 0.0541 e. The van der Waals surface area contributed by atoms with Crippen LogP contribution >= 0.6 is 0 Å². The van der Waals surface area contributed by atoms with Crippen LogP contribution in [0.25, 0.3) is 60.5 Å². The van der Waals surface area contributed by atoms with Crippen LogP contribution in [-0.2, 0) is 5.41 Å². The summed E-state index contributed by atoms with van der Waals surface area (Å²) in [5, 5.41) is 4.98. The number of nitrogens with zero attached hydrogens (tertiary/aromatic N) is 2. The smallest absolute Gasteiger partial charge is 0.0541 e. The lowest BCUT2D eigenvalue weighted by Gasteiger charge is -2.27. The molecule has 2 heteroatoms. The SMILES string of the molecule is CC(C)(C)c1ccc2c(c1)c1cc(-c3ccc(N(c4ccccc4)c4ccc(-c5ccccc5)cc4)c4ccccc34)ccc1n2-c1ccccc1. The highest BCUT2D eigenvalue weighted by atomic mass is 15.1. The predicted octanol–water partition coefficient (Wildman–Crippen LogP) is 14.0. The van der Waals surface area contributed by atoms with E-state index < -0.39 is 0 Å². The zero-order valence-corrected chi connectivity index (χ0v) is 29.8. The van der Waals surface area contributed by atoms with Gasteiger partial charge in [-0.25, -0.2) is 0 Å². The maximum absolute atomic E-state index is 2.41. The molecule has 52 heavy (non-hydrogen) atoms. The monoisotopic (exact) mass is 668 g/mol. The number of aromatic nitrogens is 1. The van der Waals surface area contributed by atoms with Crippen molar-refractivity contribution in [2.75, 3.05) is 4.90 Å². The molecule has 9 aromatic rings. The van der Waals surface area contributed by atoms with Crippen molar-refractivity contribution in [1.82, 2.24) is 4.57 Å². The highest BCUT2D eigenvalue weighted by molar-refractivity contribution is 6.12. The molecular weight excluding hydrogens is 629 g/mol. The molecule has 0 aliphatic rings. The van der Waals surface area contributed by atoms with Crippen LogP contribution in [0.4, 0.5) is 17.1 Å². The Morgan fingerprint density at radius 3 is 1.63 bits per heavy atom. The summed E-state index contributed by atoms with van der Waals surface area (Å²) in [6, 6.07) is 68.4. The highest BCUT2D eigenvalue weighted by Crippen LogP contribution is 2.44. The molecule has 8 aromatic carbocycles. The maximum atomic E-state index is 2.41. The average molecular weight is 669 g/mol. The molecule has 0 saturated heterocycles. The number of para-hydroxylation sites is 2. The van der Waals surface area contributed by atoms with Crippen LogP contribution in [0.1, 0.15) is 26.3 Å². The minimum Gasteiger partial charge on any atom is -0.310 e. The van der Waals surface area contributed by atoms with Crippen molar-refractivity contribution < 1.29 is 0 Å². The van der Waals surface area contributed by atoms with E-state index in [-0.39, 0.29) is 5.41 Å². The molecule has 1 aromatic heterocycles. The van der Waals surface area contributed by atoms with Crippen molar-refractivity contribution >= 4 is 49.6 Å². The lowest BCUT2D eigenvalue weighted by Crippen LogP contribution is -2.10. The summed E-state index contributed by atoms with van der Waals surface area (Å²) in [6.07, 6.45) is 0. The lowest BCUT2D eigenvalue weighted by molar-refractivity contribution is 0.591. The van der Waals surface area contributed by atoms with E-state index in [9.17, 15) is 0 Å². The summed E-state index contributed by atoms with van der Waals surface area (Å²) in [7, 11) is 0. The van der Waals surface area contributed by atoms with Crippen LogP contribution in [0.15, 0.2) is 188 Å². The Morgan fingerprint density at radius 2 is 0.942 bits per heavy atom. The van der Waals surface area contributed by atoms with E-state index in [0.717, 1.165) is 17.1 Å². The number of anilines is 3. The Hall–Kier alpha value is -6.38. The van der Waals surface area contributed by atoms with E-state index in [2.05, 4.69) is 218 Å². The van der Waals surface area contributed by atoms with Crippen molar-refractivity contribution in [1.29, 1.82) is 0 Å². The standard InChI is InChI=1S/C50H40N2/c1-50(2,3)38-26-31-49-46(34-38)45-33-37(25-30-48(45)52(49)40-19-11-6-12-20-40)42-29-32-47(44-22-14-13-21-43(42)44)51(39-17-9-5-10-18-39)41-27-23-36(24-28-41)35-15-7-4-8-16-35/h4-34H,1-3H3. The van der Waals surface area contributed by atoms with Gasteiger partial charge in [-0.1, -0.05) is 142 Å². The van der Waals surface area contributed by atoms with E-state index in [0.29, 0.717) is 0 Å². The average Bonchev–Trinajstić information content (AvgIpc) is 3.52. The highest BCUT2D eigenvalue weighted by Gasteiger charge is 2.21.